The molecule has 3 rings (SSSR count). The van der Waals surface area contributed by atoms with E-state index in [2.05, 4.69) is 15.3 Å². The zero-order valence-electron chi connectivity index (χ0n) is 14.2. The quantitative estimate of drug-likeness (QED) is 0.534. The van der Waals surface area contributed by atoms with Crippen molar-refractivity contribution >= 4 is 27.3 Å². The number of azo groups is 1. The van der Waals surface area contributed by atoms with Crippen molar-refractivity contribution in [2.45, 2.75) is 18.7 Å². The Balaban J connectivity index is 2.00. The van der Waals surface area contributed by atoms with Crippen LogP contribution in [0.1, 0.15) is 11.3 Å². The maximum absolute atomic E-state index is 11.3. The van der Waals surface area contributed by atoms with Gasteiger partial charge in [0, 0.05) is 0 Å². The Morgan fingerprint density at radius 3 is 2.42 bits per heavy atom. The van der Waals surface area contributed by atoms with Crippen LogP contribution in [0.25, 0.3) is 5.69 Å². The van der Waals surface area contributed by atoms with Gasteiger partial charge in [-0.25, -0.2) is 4.68 Å². The van der Waals surface area contributed by atoms with Gasteiger partial charge in [-0.1, -0.05) is 23.8 Å². The van der Waals surface area contributed by atoms with E-state index in [0.717, 1.165) is 5.56 Å². The molecule has 0 bridgehead atoms. The van der Waals surface area contributed by atoms with E-state index in [1.807, 2.05) is 31.2 Å². The summed E-state index contributed by atoms with van der Waals surface area (Å²) in [7, 11) is -4.32. The number of nitrogen functional groups attached to an aromatic ring is 1. The lowest BCUT2D eigenvalue weighted by Gasteiger charge is -2.05. The number of aryl methyl sites for hydroxylation is 2. The van der Waals surface area contributed by atoms with Gasteiger partial charge < -0.3 is 5.73 Å². The summed E-state index contributed by atoms with van der Waals surface area (Å²) in [6, 6.07) is 13.2. The average molecular weight is 371 g/mol. The third-order valence-corrected chi connectivity index (χ3v) is 4.57. The molecule has 0 aliphatic heterocycles. The first-order valence-corrected chi connectivity index (χ1v) is 9.11. The summed E-state index contributed by atoms with van der Waals surface area (Å²) in [6.07, 6.45) is 0. The van der Waals surface area contributed by atoms with Crippen LogP contribution < -0.4 is 5.73 Å². The lowest BCUT2D eigenvalue weighted by Crippen LogP contribution is -2.04. The Morgan fingerprint density at radius 2 is 1.77 bits per heavy atom. The minimum atomic E-state index is -4.32. The Morgan fingerprint density at radius 1 is 1.08 bits per heavy atom. The van der Waals surface area contributed by atoms with E-state index in [9.17, 15) is 13.0 Å². The van der Waals surface area contributed by atoms with E-state index >= 15 is 0 Å². The first-order valence-electron chi connectivity index (χ1n) is 7.67. The highest BCUT2D eigenvalue weighted by Crippen LogP contribution is 2.31. The van der Waals surface area contributed by atoms with Gasteiger partial charge in [0.25, 0.3) is 10.1 Å². The van der Waals surface area contributed by atoms with Crippen molar-refractivity contribution in [2.24, 2.45) is 10.2 Å². The topological polar surface area (TPSA) is 123 Å². The first kappa shape index (κ1) is 17.8. The van der Waals surface area contributed by atoms with Crippen molar-refractivity contribution in [3.05, 3.63) is 59.8 Å². The summed E-state index contributed by atoms with van der Waals surface area (Å²) >= 11 is 0. The molecule has 1 aromatic heterocycles. The third kappa shape index (κ3) is 3.63. The second-order valence-corrected chi connectivity index (χ2v) is 7.16. The Hall–Kier alpha value is -3.04. The van der Waals surface area contributed by atoms with Crippen molar-refractivity contribution in [3.63, 3.8) is 0 Å². The molecule has 0 aliphatic carbocycles. The van der Waals surface area contributed by atoms with Crippen LogP contribution in [0.3, 0.4) is 0 Å². The van der Waals surface area contributed by atoms with E-state index in [1.165, 1.54) is 22.9 Å². The second kappa shape index (κ2) is 6.70. The Bertz CT molecular complexity index is 1090. The van der Waals surface area contributed by atoms with Gasteiger partial charge in [0.15, 0.2) is 11.5 Å². The second-order valence-electron chi connectivity index (χ2n) is 5.74. The molecule has 0 amide bonds. The normalized spacial score (nSPS) is 12.0. The predicted molar refractivity (Wildman–Crippen MR) is 97.9 cm³/mol. The highest BCUT2D eigenvalue weighted by Gasteiger charge is 2.16. The number of nitrogens with two attached hydrogens (primary N) is 1. The van der Waals surface area contributed by atoms with Crippen molar-refractivity contribution in [2.75, 3.05) is 5.73 Å². The number of benzene rings is 2. The van der Waals surface area contributed by atoms with Crippen LogP contribution in [0.2, 0.25) is 0 Å². The van der Waals surface area contributed by atoms with Crippen LogP contribution in [0.15, 0.2) is 63.7 Å². The minimum absolute atomic E-state index is 0.214. The zero-order chi connectivity index (χ0) is 18.9. The zero-order valence-corrected chi connectivity index (χ0v) is 15.0. The molecule has 2 aromatic carbocycles. The van der Waals surface area contributed by atoms with Crippen molar-refractivity contribution in [1.29, 1.82) is 0 Å². The maximum Gasteiger partial charge on any atom is 0.294 e. The molecule has 3 N–H and O–H groups in total. The molecule has 0 atom stereocenters. The summed E-state index contributed by atoms with van der Waals surface area (Å²) in [5.41, 5.74) is 9.23. The molecule has 0 aliphatic rings. The number of aromatic nitrogens is 2. The van der Waals surface area contributed by atoms with E-state index < -0.39 is 10.1 Å². The molecular formula is C17H17N5O3S. The van der Waals surface area contributed by atoms with Gasteiger partial charge in [0.05, 0.1) is 22.0 Å². The number of rotatable bonds is 4. The SMILES string of the molecule is Cc1ccc(N=Nc2c(C)nn(-c3cccc(S(=O)(=O)O)c3)c2N)cc1. The van der Waals surface area contributed by atoms with Gasteiger partial charge in [0.2, 0.25) is 0 Å². The van der Waals surface area contributed by atoms with Crippen LogP contribution in [-0.4, -0.2) is 22.8 Å². The molecule has 134 valence electrons. The molecule has 0 unspecified atom stereocenters. The predicted octanol–water partition coefficient (Wildman–Crippen LogP) is 3.73. The van der Waals surface area contributed by atoms with Gasteiger partial charge in [0.1, 0.15) is 0 Å². The van der Waals surface area contributed by atoms with E-state index in [-0.39, 0.29) is 10.7 Å². The highest BCUT2D eigenvalue weighted by molar-refractivity contribution is 7.85. The van der Waals surface area contributed by atoms with Crippen LogP contribution in [0.4, 0.5) is 17.2 Å². The van der Waals surface area contributed by atoms with Crippen molar-refractivity contribution in [3.8, 4) is 5.69 Å². The van der Waals surface area contributed by atoms with Gasteiger partial charge in [-0.2, -0.15) is 18.6 Å². The largest absolute Gasteiger partial charge is 0.382 e. The van der Waals surface area contributed by atoms with Gasteiger partial charge in [-0.3, -0.25) is 4.55 Å². The number of nitrogens with zero attached hydrogens (tertiary/aromatic N) is 4. The van der Waals surface area contributed by atoms with E-state index in [0.29, 0.717) is 22.8 Å². The summed E-state index contributed by atoms with van der Waals surface area (Å²) in [4.78, 5) is -0.245. The smallest absolute Gasteiger partial charge is 0.294 e. The molecule has 0 saturated carbocycles. The molecule has 0 spiro atoms. The fraction of sp³-hybridized carbons (Fsp3) is 0.118. The van der Waals surface area contributed by atoms with Crippen LogP contribution in [0.5, 0.6) is 0 Å². The summed E-state index contributed by atoms with van der Waals surface area (Å²) in [6.45, 7) is 3.71. The van der Waals surface area contributed by atoms with Crippen molar-refractivity contribution in [1.82, 2.24) is 9.78 Å². The first-order chi connectivity index (χ1) is 12.3. The number of hydrogen-bond acceptors (Lipinski definition) is 6. The minimum Gasteiger partial charge on any atom is -0.382 e. The molecule has 8 nitrogen and oxygen atoms in total. The van der Waals surface area contributed by atoms with Crippen LogP contribution >= 0.6 is 0 Å². The fourth-order valence-corrected chi connectivity index (χ4v) is 2.87. The molecular weight excluding hydrogens is 354 g/mol. The number of hydrogen-bond donors (Lipinski definition) is 2. The maximum atomic E-state index is 11.3. The highest BCUT2D eigenvalue weighted by atomic mass is 32.2. The standard InChI is InChI=1S/C17H17N5O3S/c1-11-6-8-13(9-7-11)19-20-16-12(2)21-22(17(16)18)14-4-3-5-15(10-14)26(23,24)25/h3-10H,18H2,1-2H3,(H,23,24,25). The van der Waals surface area contributed by atoms with Gasteiger partial charge in [-0.05, 0) is 44.2 Å². The molecule has 3 aromatic rings. The monoisotopic (exact) mass is 371 g/mol. The van der Waals surface area contributed by atoms with Crippen LogP contribution in [0, 0.1) is 13.8 Å². The molecule has 1 heterocycles. The molecule has 26 heavy (non-hydrogen) atoms. The Kier molecular flexibility index (Phi) is 4.58. The van der Waals surface area contributed by atoms with Gasteiger partial charge >= 0.3 is 0 Å². The molecule has 0 radical (unpaired) electrons. The van der Waals surface area contributed by atoms with Crippen molar-refractivity contribution < 1.29 is 13.0 Å². The summed E-state index contributed by atoms with van der Waals surface area (Å²) in [5.74, 6) is 0.214. The molecule has 0 fully saturated rings. The summed E-state index contributed by atoms with van der Waals surface area (Å²) < 4.78 is 33.2. The lowest BCUT2D eigenvalue weighted by molar-refractivity contribution is 0.483. The fourth-order valence-electron chi connectivity index (χ4n) is 2.35. The van der Waals surface area contributed by atoms with E-state index in [1.54, 1.807) is 13.0 Å². The lowest BCUT2D eigenvalue weighted by atomic mass is 10.2. The van der Waals surface area contributed by atoms with E-state index in [4.69, 9.17) is 5.73 Å². The van der Waals surface area contributed by atoms with Gasteiger partial charge in [-0.15, -0.1) is 5.11 Å². The Labute approximate surface area is 150 Å². The van der Waals surface area contributed by atoms with Crippen LogP contribution in [-0.2, 0) is 10.1 Å². The number of anilines is 1. The third-order valence-electron chi connectivity index (χ3n) is 3.72. The summed E-state index contributed by atoms with van der Waals surface area (Å²) in [5, 5.41) is 12.6. The molecule has 0 saturated heterocycles. The average Bonchev–Trinajstić information content (AvgIpc) is 2.88. The molecule has 9 heteroatoms.